The zero-order chi connectivity index (χ0) is 13.3. The first kappa shape index (κ1) is 12.9. The molecule has 98 valence electrons. The number of benzene rings is 1. The molecule has 4 N–H and O–H groups in total. The summed E-state index contributed by atoms with van der Waals surface area (Å²) < 4.78 is 0. The fourth-order valence-electron chi connectivity index (χ4n) is 2.60. The van der Waals surface area contributed by atoms with E-state index in [1.807, 2.05) is 26.0 Å². The second-order valence-electron chi connectivity index (χ2n) is 5.50. The number of carbonyl (C=O) groups is 1. The standard InChI is InChI=1S/C14H20N2O2/c1-14(2)8-11(17)16-10-6-5-9(4-3-7-15)13(18)12(10)14/h5-6,18H,3-4,7-8,15H2,1-2H3,(H,16,17). The fourth-order valence-corrected chi connectivity index (χ4v) is 2.60. The van der Waals surface area contributed by atoms with Gasteiger partial charge < -0.3 is 16.2 Å². The lowest BCUT2D eigenvalue weighted by Crippen LogP contribution is -2.32. The molecule has 0 radical (unpaired) electrons. The Balaban J connectivity index is 2.46. The first-order valence-corrected chi connectivity index (χ1v) is 6.31. The smallest absolute Gasteiger partial charge is 0.225 e. The molecule has 0 saturated heterocycles. The third kappa shape index (κ3) is 2.20. The molecule has 2 rings (SSSR count). The molecule has 0 saturated carbocycles. The van der Waals surface area contributed by atoms with E-state index in [1.165, 1.54) is 0 Å². The third-order valence-electron chi connectivity index (χ3n) is 3.47. The maximum absolute atomic E-state index is 11.6. The number of aromatic hydroxyl groups is 1. The minimum atomic E-state index is -0.333. The number of nitrogens with one attached hydrogen (secondary N) is 1. The van der Waals surface area contributed by atoms with E-state index in [2.05, 4.69) is 5.32 Å². The van der Waals surface area contributed by atoms with E-state index in [-0.39, 0.29) is 11.3 Å². The first-order chi connectivity index (χ1) is 8.45. The van der Waals surface area contributed by atoms with Crippen LogP contribution in [0.25, 0.3) is 0 Å². The molecule has 1 aliphatic heterocycles. The number of phenolic OH excluding ortho intramolecular Hbond substituents is 1. The molecule has 0 atom stereocenters. The highest BCUT2D eigenvalue weighted by Gasteiger charge is 2.35. The van der Waals surface area contributed by atoms with Gasteiger partial charge in [-0.25, -0.2) is 0 Å². The fraction of sp³-hybridized carbons (Fsp3) is 0.500. The van der Waals surface area contributed by atoms with Crippen LogP contribution in [-0.4, -0.2) is 17.6 Å². The topological polar surface area (TPSA) is 75.4 Å². The molecule has 0 spiro atoms. The van der Waals surface area contributed by atoms with Crippen molar-refractivity contribution >= 4 is 11.6 Å². The second-order valence-corrected chi connectivity index (χ2v) is 5.50. The van der Waals surface area contributed by atoms with Gasteiger partial charge in [-0.15, -0.1) is 0 Å². The number of carbonyl (C=O) groups excluding carboxylic acids is 1. The molecule has 1 amide bonds. The summed E-state index contributed by atoms with van der Waals surface area (Å²) in [5.41, 5.74) is 7.64. The van der Waals surface area contributed by atoms with Crippen LogP contribution in [0.1, 0.15) is 37.8 Å². The monoisotopic (exact) mass is 248 g/mol. The molecule has 1 aromatic carbocycles. The predicted molar refractivity (Wildman–Crippen MR) is 71.8 cm³/mol. The van der Waals surface area contributed by atoms with Crippen molar-refractivity contribution < 1.29 is 9.90 Å². The SMILES string of the molecule is CC1(C)CC(=O)Nc2ccc(CCCN)c(O)c21. The summed E-state index contributed by atoms with van der Waals surface area (Å²) in [4.78, 5) is 11.6. The largest absolute Gasteiger partial charge is 0.507 e. The van der Waals surface area contributed by atoms with E-state index in [4.69, 9.17) is 5.73 Å². The lowest BCUT2D eigenvalue weighted by molar-refractivity contribution is -0.117. The lowest BCUT2D eigenvalue weighted by atomic mass is 9.76. The Morgan fingerprint density at radius 3 is 2.83 bits per heavy atom. The van der Waals surface area contributed by atoms with Crippen LogP contribution < -0.4 is 11.1 Å². The summed E-state index contributed by atoms with van der Waals surface area (Å²) in [6.45, 7) is 4.57. The van der Waals surface area contributed by atoms with Crippen molar-refractivity contribution in [1.82, 2.24) is 0 Å². The van der Waals surface area contributed by atoms with Crippen molar-refractivity contribution in [3.63, 3.8) is 0 Å². The van der Waals surface area contributed by atoms with Crippen LogP contribution in [-0.2, 0) is 16.6 Å². The van der Waals surface area contributed by atoms with E-state index < -0.39 is 0 Å². The Morgan fingerprint density at radius 2 is 2.17 bits per heavy atom. The number of aryl methyl sites for hydroxylation is 1. The molecule has 0 aromatic heterocycles. The van der Waals surface area contributed by atoms with Crippen LogP contribution in [0, 0.1) is 0 Å². The van der Waals surface area contributed by atoms with Crippen LogP contribution in [0.5, 0.6) is 5.75 Å². The van der Waals surface area contributed by atoms with Gasteiger partial charge in [0.15, 0.2) is 0 Å². The van der Waals surface area contributed by atoms with E-state index >= 15 is 0 Å². The summed E-state index contributed by atoms with van der Waals surface area (Å²) in [7, 11) is 0. The van der Waals surface area contributed by atoms with Gasteiger partial charge in [0.25, 0.3) is 0 Å². The number of hydrogen-bond donors (Lipinski definition) is 3. The minimum Gasteiger partial charge on any atom is -0.507 e. The number of phenols is 1. The second kappa shape index (κ2) is 4.61. The lowest BCUT2D eigenvalue weighted by Gasteiger charge is -2.33. The molecule has 0 fully saturated rings. The molecular formula is C14H20N2O2. The summed E-state index contributed by atoms with van der Waals surface area (Å²) in [6.07, 6.45) is 2.01. The molecule has 0 unspecified atom stereocenters. The summed E-state index contributed by atoms with van der Waals surface area (Å²) in [5, 5.41) is 13.2. The molecule has 4 heteroatoms. The zero-order valence-electron chi connectivity index (χ0n) is 10.9. The molecule has 1 aliphatic rings. The van der Waals surface area contributed by atoms with Crippen LogP contribution in [0.2, 0.25) is 0 Å². The maximum Gasteiger partial charge on any atom is 0.225 e. The van der Waals surface area contributed by atoms with E-state index in [0.29, 0.717) is 18.7 Å². The van der Waals surface area contributed by atoms with Gasteiger partial charge in [0, 0.05) is 23.1 Å². The molecule has 1 aromatic rings. The molecular weight excluding hydrogens is 228 g/mol. The van der Waals surface area contributed by atoms with E-state index in [0.717, 1.165) is 29.7 Å². The van der Waals surface area contributed by atoms with Gasteiger partial charge in [0.2, 0.25) is 5.91 Å². The normalized spacial score (nSPS) is 17.2. The quantitative estimate of drug-likeness (QED) is 0.764. The van der Waals surface area contributed by atoms with Crippen molar-refractivity contribution in [1.29, 1.82) is 0 Å². The highest BCUT2D eigenvalue weighted by atomic mass is 16.3. The van der Waals surface area contributed by atoms with Gasteiger partial charge >= 0.3 is 0 Å². The Kier molecular flexibility index (Phi) is 3.30. The Labute approximate surface area is 107 Å². The number of anilines is 1. The number of rotatable bonds is 3. The van der Waals surface area contributed by atoms with Gasteiger partial charge in [-0.2, -0.15) is 0 Å². The van der Waals surface area contributed by atoms with Crippen LogP contribution in [0.3, 0.4) is 0 Å². The van der Waals surface area contributed by atoms with Gasteiger partial charge in [0.05, 0.1) is 0 Å². The van der Waals surface area contributed by atoms with Crippen molar-refractivity contribution in [3.05, 3.63) is 23.3 Å². The van der Waals surface area contributed by atoms with Crippen molar-refractivity contribution in [3.8, 4) is 5.75 Å². The number of nitrogens with two attached hydrogens (primary N) is 1. The summed E-state index contributed by atoms with van der Waals surface area (Å²) in [6, 6.07) is 3.74. The van der Waals surface area contributed by atoms with Crippen LogP contribution in [0.15, 0.2) is 12.1 Å². The zero-order valence-corrected chi connectivity index (χ0v) is 10.9. The third-order valence-corrected chi connectivity index (χ3v) is 3.47. The van der Waals surface area contributed by atoms with Crippen LogP contribution >= 0.6 is 0 Å². The van der Waals surface area contributed by atoms with E-state index in [1.54, 1.807) is 0 Å². The number of amides is 1. The molecule has 1 heterocycles. The van der Waals surface area contributed by atoms with E-state index in [9.17, 15) is 9.90 Å². The molecule has 0 aliphatic carbocycles. The van der Waals surface area contributed by atoms with Crippen LogP contribution in [0.4, 0.5) is 5.69 Å². The summed E-state index contributed by atoms with van der Waals surface area (Å²) in [5.74, 6) is 0.313. The molecule has 18 heavy (non-hydrogen) atoms. The molecule has 4 nitrogen and oxygen atoms in total. The van der Waals surface area contributed by atoms with Gasteiger partial charge in [0.1, 0.15) is 5.75 Å². The Morgan fingerprint density at radius 1 is 1.44 bits per heavy atom. The van der Waals surface area contributed by atoms with Crippen molar-refractivity contribution in [2.75, 3.05) is 11.9 Å². The van der Waals surface area contributed by atoms with Gasteiger partial charge in [-0.3, -0.25) is 4.79 Å². The highest BCUT2D eigenvalue weighted by Crippen LogP contribution is 2.44. The van der Waals surface area contributed by atoms with Crippen molar-refractivity contribution in [2.45, 2.75) is 38.5 Å². The highest BCUT2D eigenvalue weighted by molar-refractivity contribution is 5.96. The van der Waals surface area contributed by atoms with Crippen molar-refractivity contribution in [2.24, 2.45) is 5.73 Å². The number of hydrogen-bond acceptors (Lipinski definition) is 3. The first-order valence-electron chi connectivity index (χ1n) is 6.31. The Bertz CT molecular complexity index is 481. The maximum atomic E-state index is 11.6. The average Bonchev–Trinajstić information content (AvgIpc) is 2.25. The Hall–Kier alpha value is -1.55. The minimum absolute atomic E-state index is 0.00149. The molecule has 0 bridgehead atoms. The van der Waals surface area contributed by atoms with Gasteiger partial charge in [-0.1, -0.05) is 19.9 Å². The van der Waals surface area contributed by atoms with Gasteiger partial charge in [-0.05, 0) is 31.0 Å². The average molecular weight is 248 g/mol. The summed E-state index contributed by atoms with van der Waals surface area (Å²) >= 11 is 0. The number of fused-ring (bicyclic) bond motifs is 1. The predicted octanol–water partition coefficient (Wildman–Crippen LogP) is 1.90.